The lowest BCUT2D eigenvalue weighted by atomic mass is 10.0. The average molecular weight is 155 g/mol. The van der Waals surface area contributed by atoms with Crippen LogP contribution in [0.25, 0.3) is 0 Å². The smallest absolute Gasteiger partial charge is 0.220 e. The molecule has 0 radical (unpaired) electrons. The second-order valence-electron chi connectivity index (χ2n) is 3.40. The number of carbonyl (C=O) groups is 2. The van der Waals surface area contributed by atoms with Gasteiger partial charge in [0.2, 0.25) is 5.91 Å². The zero-order chi connectivity index (χ0) is 8.65. The van der Waals surface area contributed by atoms with Gasteiger partial charge in [-0.1, -0.05) is 0 Å². The predicted octanol–water partition coefficient (Wildman–Crippen LogP) is 0.586. The molecule has 0 spiro atoms. The molecular formula is C8H13NO2. The molecule has 0 aliphatic carbocycles. The van der Waals surface area contributed by atoms with E-state index in [9.17, 15) is 9.59 Å². The highest BCUT2D eigenvalue weighted by atomic mass is 16.2. The molecule has 1 aliphatic heterocycles. The first-order valence-corrected chi connectivity index (χ1v) is 3.78. The first-order valence-electron chi connectivity index (χ1n) is 3.78. The van der Waals surface area contributed by atoms with Gasteiger partial charge in [-0.05, 0) is 13.8 Å². The summed E-state index contributed by atoms with van der Waals surface area (Å²) in [6.45, 7) is 5.68. The van der Waals surface area contributed by atoms with Gasteiger partial charge in [0.05, 0.1) is 5.54 Å². The topological polar surface area (TPSA) is 37.4 Å². The van der Waals surface area contributed by atoms with Crippen LogP contribution in [0.2, 0.25) is 0 Å². The summed E-state index contributed by atoms with van der Waals surface area (Å²) >= 11 is 0. The molecule has 1 rings (SSSR count). The summed E-state index contributed by atoms with van der Waals surface area (Å²) in [5.41, 5.74) is -0.564. The molecule has 0 aromatic rings. The Bertz CT molecular complexity index is 208. The summed E-state index contributed by atoms with van der Waals surface area (Å²) in [6.07, 6.45) is 0.507. The maximum absolute atomic E-state index is 11.2. The first kappa shape index (κ1) is 8.24. The zero-order valence-corrected chi connectivity index (χ0v) is 7.18. The molecule has 11 heavy (non-hydrogen) atoms. The Hall–Kier alpha value is -0.860. The van der Waals surface area contributed by atoms with Gasteiger partial charge in [-0.2, -0.15) is 0 Å². The fourth-order valence-corrected chi connectivity index (χ4v) is 1.50. The zero-order valence-electron chi connectivity index (χ0n) is 7.18. The van der Waals surface area contributed by atoms with Crippen molar-refractivity contribution in [3.05, 3.63) is 0 Å². The highest BCUT2D eigenvalue weighted by Gasteiger charge is 2.41. The van der Waals surface area contributed by atoms with Gasteiger partial charge in [-0.15, -0.1) is 0 Å². The molecule has 3 nitrogen and oxygen atoms in total. The lowest BCUT2D eigenvalue weighted by Gasteiger charge is -2.28. The van der Waals surface area contributed by atoms with Gasteiger partial charge in [0, 0.05) is 19.9 Å². The lowest BCUT2D eigenvalue weighted by Crippen LogP contribution is -2.45. The molecule has 0 aromatic heterocycles. The minimum absolute atomic E-state index is 0.0131. The Morgan fingerprint density at radius 1 is 1.55 bits per heavy atom. The lowest BCUT2D eigenvalue weighted by molar-refractivity contribution is -0.136. The number of Topliss-reactive ketones (excluding diaryl/α,β-unsaturated/α-hetero) is 1. The quantitative estimate of drug-likeness (QED) is 0.513. The predicted molar refractivity (Wildman–Crippen MR) is 41.1 cm³/mol. The molecule has 3 heteroatoms. The fraction of sp³-hybridized carbons (Fsp3) is 0.750. The van der Waals surface area contributed by atoms with E-state index < -0.39 is 5.54 Å². The molecule has 0 unspecified atom stereocenters. The third kappa shape index (κ3) is 1.15. The molecular weight excluding hydrogens is 142 g/mol. The van der Waals surface area contributed by atoms with E-state index in [0.29, 0.717) is 13.0 Å². The Morgan fingerprint density at radius 2 is 2.09 bits per heavy atom. The Kier molecular flexibility index (Phi) is 1.74. The molecule has 1 fully saturated rings. The van der Waals surface area contributed by atoms with Crippen molar-refractivity contribution in [2.24, 2.45) is 0 Å². The maximum atomic E-state index is 11.2. The normalized spacial score (nSPS) is 22.5. The number of nitrogens with zero attached hydrogens (tertiary/aromatic N) is 1. The van der Waals surface area contributed by atoms with Crippen LogP contribution in [-0.2, 0) is 9.59 Å². The summed E-state index contributed by atoms with van der Waals surface area (Å²) in [4.78, 5) is 23.8. The molecule has 0 N–H and O–H groups in total. The summed E-state index contributed by atoms with van der Waals surface area (Å²) in [6, 6.07) is 0. The molecule has 1 heterocycles. The van der Waals surface area contributed by atoms with E-state index in [1.165, 1.54) is 6.92 Å². The van der Waals surface area contributed by atoms with Gasteiger partial charge in [0.1, 0.15) is 0 Å². The second kappa shape index (κ2) is 2.32. The average Bonchev–Trinajstić information content (AvgIpc) is 2.08. The van der Waals surface area contributed by atoms with Crippen LogP contribution >= 0.6 is 0 Å². The number of ketones is 1. The Morgan fingerprint density at radius 3 is 2.27 bits per heavy atom. The van der Waals surface area contributed by atoms with Crippen molar-refractivity contribution in [1.29, 1.82) is 0 Å². The van der Waals surface area contributed by atoms with Gasteiger partial charge in [-0.25, -0.2) is 0 Å². The van der Waals surface area contributed by atoms with Crippen molar-refractivity contribution in [1.82, 2.24) is 4.90 Å². The fourth-order valence-electron chi connectivity index (χ4n) is 1.50. The van der Waals surface area contributed by atoms with Gasteiger partial charge in [0.15, 0.2) is 5.78 Å². The van der Waals surface area contributed by atoms with Crippen LogP contribution in [0.4, 0.5) is 0 Å². The van der Waals surface area contributed by atoms with E-state index in [4.69, 9.17) is 0 Å². The van der Waals surface area contributed by atoms with E-state index in [0.717, 1.165) is 0 Å². The van der Waals surface area contributed by atoms with Crippen LogP contribution in [0.3, 0.4) is 0 Å². The number of carbonyl (C=O) groups excluding carboxylic acids is 2. The standard InChI is InChI=1S/C8H13NO2/c1-6(10)9-5-4-7(11)8(9,2)3/h4-5H2,1-3H3. The maximum Gasteiger partial charge on any atom is 0.220 e. The number of rotatable bonds is 0. The van der Waals surface area contributed by atoms with Crippen molar-refractivity contribution < 1.29 is 9.59 Å². The molecule has 0 atom stereocenters. The minimum Gasteiger partial charge on any atom is -0.330 e. The Labute approximate surface area is 66.4 Å². The van der Waals surface area contributed by atoms with Crippen molar-refractivity contribution in [2.75, 3.05) is 6.54 Å². The SMILES string of the molecule is CC(=O)N1CCC(=O)C1(C)C. The van der Waals surface area contributed by atoms with Crippen LogP contribution in [0, 0.1) is 0 Å². The molecule has 1 aliphatic rings. The highest BCUT2D eigenvalue weighted by molar-refractivity contribution is 5.94. The van der Waals surface area contributed by atoms with Crippen molar-refractivity contribution in [3.8, 4) is 0 Å². The van der Waals surface area contributed by atoms with Crippen LogP contribution in [0.15, 0.2) is 0 Å². The first-order chi connectivity index (χ1) is 4.96. The van der Waals surface area contributed by atoms with Crippen LogP contribution < -0.4 is 0 Å². The van der Waals surface area contributed by atoms with Crippen molar-refractivity contribution >= 4 is 11.7 Å². The second-order valence-corrected chi connectivity index (χ2v) is 3.40. The van der Waals surface area contributed by atoms with E-state index >= 15 is 0 Å². The van der Waals surface area contributed by atoms with Crippen molar-refractivity contribution in [3.63, 3.8) is 0 Å². The van der Waals surface area contributed by atoms with Crippen LogP contribution in [-0.4, -0.2) is 28.7 Å². The van der Waals surface area contributed by atoms with Crippen LogP contribution in [0.5, 0.6) is 0 Å². The molecule has 62 valence electrons. The number of hydrogen-bond donors (Lipinski definition) is 0. The van der Waals surface area contributed by atoms with E-state index in [1.807, 2.05) is 0 Å². The van der Waals surface area contributed by atoms with Gasteiger partial charge >= 0.3 is 0 Å². The van der Waals surface area contributed by atoms with Crippen LogP contribution in [0.1, 0.15) is 27.2 Å². The highest BCUT2D eigenvalue weighted by Crippen LogP contribution is 2.24. The van der Waals surface area contributed by atoms with Crippen molar-refractivity contribution in [2.45, 2.75) is 32.7 Å². The largest absolute Gasteiger partial charge is 0.330 e. The molecule has 1 amide bonds. The number of amides is 1. The third-order valence-corrected chi connectivity index (χ3v) is 2.30. The summed E-state index contributed by atoms with van der Waals surface area (Å²) in [5.74, 6) is 0.147. The molecule has 1 saturated heterocycles. The summed E-state index contributed by atoms with van der Waals surface area (Å²) in [5, 5.41) is 0. The third-order valence-electron chi connectivity index (χ3n) is 2.30. The number of likely N-dealkylation sites (tertiary alicyclic amines) is 1. The van der Waals surface area contributed by atoms with Gasteiger partial charge in [-0.3, -0.25) is 9.59 Å². The molecule has 0 saturated carbocycles. The molecule has 0 aromatic carbocycles. The van der Waals surface area contributed by atoms with Gasteiger partial charge in [0.25, 0.3) is 0 Å². The number of hydrogen-bond acceptors (Lipinski definition) is 2. The van der Waals surface area contributed by atoms with Gasteiger partial charge < -0.3 is 4.90 Å². The van der Waals surface area contributed by atoms with E-state index in [1.54, 1.807) is 18.7 Å². The monoisotopic (exact) mass is 155 g/mol. The van der Waals surface area contributed by atoms with E-state index in [2.05, 4.69) is 0 Å². The Balaban J connectivity index is 2.87. The summed E-state index contributed by atoms with van der Waals surface area (Å²) < 4.78 is 0. The summed E-state index contributed by atoms with van der Waals surface area (Å²) in [7, 11) is 0. The van der Waals surface area contributed by atoms with E-state index in [-0.39, 0.29) is 11.7 Å². The minimum atomic E-state index is -0.564. The molecule has 0 bridgehead atoms.